The maximum absolute atomic E-state index is 11.1. The topological polar surface area (TPSA) is 32.3 Å². The van der Waals surface area contributed by atoms with Crippen LogP contribution in [0.1, 0.15) is 6.92 Å². The van der Waals surface area contributed by atoms with Crippen molar-refractivity contribution >= 4 is 0 Å². The molecule has 0 saturated heterocycles. The molecule has 2 nitrogen and oxygen atoms in total. The summed E-state index contributed by atoms with van der Waals surface area (Å²) in [5.41, 5.74) is 1.36. The largest absolute Gasteiger partial charge is 0.314 e. The highest BCUT2D eigenvalue weighted by Crippen LogP contribution is 1.72. The van der Waals surface area contributed by atoms with Crippen LogP contribution in [0.5, 0.6) is 0 Å². The number of hydrogen-bond acceptors (Lipinski definition) is 2. The molecule has 0 aliphatic carbocycles. The summed E-state index contributed by atoms with van der Waals surface area (Å²) in [5.74, 6) is 0. The van der Waals surface area contributed by atoms with Crippen molar-refractivity contribution in [3.63, 3.8) is 0 Å². The van der Waals surface area contributed by atoms with Crippen molar-refractivity contribution in [3.8, 4) is 0 Å². The Morgan fingerprint density at radius 2 is 2.20 bits per heavy atom. The fraction of sp³-hybridized carbons (Fsp3) is 1.00. The number of nitrogens with one attached hydrogen (secondary N) is 1. The molecule has 0 aromatic heterocycles. The molecular formula is C2H6FNO. The van der Waals surface area contributed by atoms with Crippen LogP contribution in [0, 0.1) is 0 Å². The summed E-state index contributed by atoms with van der Waals surface area (Å²) in [4.78, 5) is 0. The van der Waals surface area contributed by atoms with Crippen LogP contribution in [0.4, 0.5) is 4.39 Å². The monoisotopic (exact) mass is 79.0 g/mol. The SMILES string of the molecule is CC(F)NO. The zero-order valence-electron chi connectivity index (χ0n) is 2.90. The average Bonchev–Trinajstić information content (AvgIpc) is 1.38. The van der Waals surface area contributed by atoms with Crippen LogP contribution in [0.15, 0.2) is 0 Å². The van der Waals surface area contributed by atoms with Crippen LogP contribution in [0.2, 0.25) is 0 Å². The van der Waals surface area contributed by atoms with E-state index in [9.17, 15) is 4.39 Å². The number of alkyl halides is 1. The van der Waals surface area contributed by atoms with Crippen LogP contribution < -0.4 is 5.48 Å². The zero-order chi connectivity index (χ0) is 4.28. The first kappa shape index (κ1) is 4.85. The summed E-state index contributed by atoms with van der Waals surface area (Å²) in [7, 11) is 0. The van der Waals surface area contributed by atoms with Gasteiger partial charge in [-0.05, 0) is 6.92 Å². The molecule has 0 heterocycles. The van der Waals surface area contributed by atoms with Crippen molar-refractivity contribution < 1.29 is 9.60 Å². The van der Waals surface area contributed by atoms with Crippen molar-refractivity contribution in [2.45, 2.75) is 13.2 Å². The first-order valence-electron chi connectivity index (χ1n) is 1.31. The van der Waals surface area contributed by atoms with Gasteiger partial charge in [0.2, 0.25) is 0 Å². The fourth-order valence-electron chi connectivity index (χ4n) is 0. The van der Waals surface area contributed by atoms with E-state index in [4.69, 9.17) is 5.21 Å². The average molecular weight is 79.1 g/mol. The summed E-state index contributed by atoms with van der Waals surface area (Å²) in [6.07, 6.45) is -1.31. The Bertz CT molecular complexity index is 23.6. The van der Waals surface area contributed by atoms with Crippen molar-refractivity contribution in [2.24, 2.45) is 0 Å². The first-order chi connectivity index (χ1) is 2.27. The molecule has 2 N–H and O–H groups in total. The minimum Gasteiger partial charge on any atom is -0.314 e. The number of halogens is 1. The minimum absolute atomic E-state index is 1.19. The van der Waals surface area contributed by atoms with E-state index in [1.54, 1.807) is 0 Å². The van der Waals surface area contributed by atoms with Gasteiger partial charge in [0.1, 0.15) is 0 Å². The Labute approximate surface area is 29.6 Å². The van der Waals surface area contributed by atoms with E-state index < -0.39 is 6.30 Å². The normalized spacial score (nSPS) is 15.0. The lowest BCUT2D eigenvalue weighted by molar-refractivity contribution is 0.0702. The van der Waals surface area contributed by atoms with Crippen LogP contribution in [0.3, 0.4) is 0 Å². The quantitative estimate of drug-likeness (QED) is 0.349. The predicted octanol–water partition coefficient (Wildman–Crippen LogP) is 0.281. The molecule has 0 aromatic rings. The van der Waals surface area contributed by atoms with Crippen LogP contribution >= 0.6 is 0 Å². The Kier molecular flexibility index (Phi) is 2.05. The standard InChI is InChI=1S/C2H6FNO/c1-2(3)4-5/h2,4-5H,1H3. The first-order valence-corrected chi connectivity index (χ1v) is 1.31. The second-order valence-corrected chi connectivity index (χ2v) is 0.745. The molecule has 0 aliphatic rings. The van der Waals surface area contributed by atoms with Gasteiger partial charge in [-0.1, -0.05) is 0 Å². The molecule has 0 rings (SSSR count). The van der Waals surface area contributed by atoms with E-state index in [1.807, 2.05) is 0 Å². The van der Waals surface area contributed by atoms with Gasteiger partial charge in [0.25, 0.3) is 0 Å². The molecule has 32 valence electrons. The fourth-order valence-corrected chi connectivity index (χ4v) is 0. The third-order valence-electron chi connectivity index (χ3n) is 0.178. The summed E-state index contributed by atoms with van der Waals surface area (Å²) >= 11 is 0. The molecule has 0 bridgehead atoms. The third kappa shape index (κ3) is 3.85. The maximum atomic E-state index is 11.1. The van der Waals surface area contributed by atoms with Crippen molar-refractivity contribution in [2.75, 3.05) is 0 Å². The Balaban J connectivity index is 2.54. The van der Waals surface area contributed by atoms with Gasteiger partial charge in [-0.2, -0.15) is 5.48 Å². The maximum Gasteiger partial charge on any atom is 0.169 e. The van der Waals surface area contributed by atoms with Gasteiger partial charge < -0.3 is 5.21 Å². The second-order valence-electron chi connectivity index (χ2n) is 0.745. The van der Waals surface area contributed by atoms with E-state index >= 15 is 0 Å². The molecule has 0 saturated carbocycles. The molecule has 5 heavy (non-hydrogen) atoms. The molecule has 1 atom stereocenters. The summed E-state index contributed by atoms with van der Waals surface area (Å²) in [5, 5.41) is 7.52. The van der Waals surface area contributed by atoms with Crippen molar-refractivity contribution in [1.29, 1.82) is 0 Å². The highest BCUT2D eigenvalue weighted by atomic mass is 19.1. The van der Waals surface area contributed by atoms with Gasteiger partial charge in [0.05, 0.1) is 0 Å². The van der Waals surface area contributed by atoms with Crippen molar-refractivity contribution in [1.82, 2.24) is 5.48 Å². The second kappa shape index (κ2) is 2.11. The van der Waals surface area contributed by atoms with E-state index in [1.165, 1.54) is 12.4 Å². The molecule has 0 aromatic carbocycles. The molecule has 1 unspecified atom stereocenters. The molecule has 0 amide bonds. The van der Waals surface area contributed by atoms with Gasteiger partial charge in [-0.15, -0.1) is 0 Å². The Morgan fingerprint density at radius 1 is 2.00 bits per heavy atom. The van der Waals surface area contributed by atoms with Gasteiger partial charge in [0, 0.05) is 0 Å². The van der Waals surface area contributed by atoms with E-state index in [2.05, 4.69) is 0 Å². The molecule has 0 aliphatic heterocycles. The summed E-state index contributed by atoms with van der Waals surface area (Å²) < 4.78 is 11.1. The zero-order valence-corrected chi connectivity index (χ0v) is 2.90. The van der Waals surface area contributed by atoms with Crippen LogP contribution in [0.25, 0.3) is 0 Å². The predicted molar refractivity (Wildman–Crippen MR) is 15.5 cm³/mol. The smallest absolute Gasteiger partial charge is 0.169 e. The lowest BCUT2D eigenvalue weighted by Crippen LogP contribution is -2.14. The Hall–Kier alpha value is -0.150. The Morgan fingerprint density at radius 3 is 2.20 bits per heavy atom. The summed E-state index contributed by atoms with van der Waals surface area (Å²) in [6, 6.07) is 0. The minimum atomic E-state index is -1.31. The number of rotatable bonds is 1. The van der Waals surface area contributed by atoms with Gasteiger partial charge >= 0.3 is 0 Å². The number of hydroxylamine groups is 1. The number of hydrogen-bond donors (Lipinski definition) is 2. The lowest BCUT2D eigenvalue weighted by Gasteiger charge is -1.89. The molecule has 0 fully saturated rings. The van der Waals surface area contributed by atoms with Gasteiger partial charge in [0.15, 0.2) is 6.30 Å². The summed E-state index contributed by atoms with van der Waals surface area (Å²) in [6.45, 7) is 1.19. The molecule has 3 heteroatoms. The highest BCUT2D eigenvalue weighted by molar-refractivity contribution is 4.21. The third-order valence-corrected chi connectivity index (χ3v) is 0.178. The van der Waals surface area contributed by atoms with Crippen LogP contribution in [-0.2, 0) is 0 Å². The van der Waals surface area contributed by atoms with E-state index in [0.29, 0.717) is 0 Å². The molecule has 0 spiro atoms. The lowest BCUT2D eigenvalue weighted by atomic mass is 10.8. The van der Waals surface area contributed by atoms with E-state index in [0.717, 1.165) is 0 Å². The molecular weight excluding hydrogens is 73.0 g/mol. The van der Waals surface area contributed by atoms with Crippen molar-refractivity contribution in [3.05, 3.63) is 0 Å². The highest BCUT2D eigenvalue weighted by Gasteiger charge is 1.84. The van der Waals surface area contributed by atoms with Gasteiger partial charge in [-0.25, -0.2) is 4.39 Å². The van der Waals surface area contributed by atoms with Crippen LogP contribution in [-0.4, -0.2) is 11.5 Å². The molecule has 0 radical (unpaired) electrons. The van der Waals surface area contributed by atoms with E-state index in [-0.39, 0.29) is 0 Å². The van der Waals surface area contributed by atoms with Gasteiger partial charge in [-0.3, -0.25) is 0 Å².